The third-order valence-corrected chi connectivity index (χ3v) is 3.82. The highest BCUT2D eigenvalue weighted by Crippen LogP contribution is 2.37. The average molecular weight is 337 g/mol. The van der Waals surface area contributed by atoms with E-state index >= 15 is 0 Å². The van der Waals surface area contributed by atoms with Crippen LogP contribution in [-0.4, -0.2) is 33.9 Å². The van der Waals surface area contributed by atoms with E-state index in [1.807, 2.05) is 6.07 Å². The molecule has 0 spiro atoms. The van der Waals surface area contributed by atoms with Crippen LogP contribution in [-0.2, 0) is 11.3 Å². The molecule has 0 fully saturated rings. The monoisotopic (exact) mass is 336 g/mol. The summed E-state index contributed by atoms with van der Waals surface area (Å²) in [4.78, 5) is 16.0. The van der Waals surface area contributed by atoms with Gasteiger partial charge in [0.15, 0.2) is 11.5 Å². The molecule has 0 aliphatic carbocycles. The van der Waals surface area contributed by atoms with Gasteiger partial charge in [0.2, 0.25) is 5.91 Å². The lowest BCUT2D eigenvalue weighted by Gasteiger charge is -2.14. The number of fused-ring (bicyclic) bond motifs is 1. The minimum absolute atomic E-state index is 0.154. The molecule has 0 saturated carbocycles. The summed E-state index contributed by atoms with van der Waals surface area (Å²) >= 11 is 6.24. The number of hydrogen-bond donors (Lipinski definition) is 1. The Morgan fingerprint density at radius 1 is 1.43 bits per heavy atom. The van der Waals surface area contributed by atoms with Crippen LogP contribution >= 0.6 is 11.6 Å². The number of ether oxygens (including phenoxy) is 2. The molecular weight excluding hydrogens is 320 g/mol. The highest BCUT2D eigenvalue weighted by Gasteiger charge is 2.18. The van der Waals surface area contributed by atoms with Gasteiger partial charge < -0.3 is 14.8 Å². The predicted molar refractivity (Wildman–Crippen MR) is 83.6 cm³/mol. The largest absolute Gasteiger partial charge is 0.489 e. The van der Waals surface area contributed by atoms with Gasteiger partial charge in [0.25, 0.3) is 0 Å². The Kier molecular flexibility index (Phi) is 4.66. The summed E-state index contributed by atoms with van der Waals surface area (Å²) < 4.78 is 12.7. The zero-order valence-electron chi connectivity index (χ0n) is 12.7. The number of nitrogens with one attached hydrogen (secondary N) is 1. The zero-order valence-corrected chi connectivity index (χ0v) is 13.4. The maximum Gasteiger partial charge on any atom is 0.244 e. The summed E-state index contributed by atoms with van der Waals surface area (Å²) in [6.45, 7) is 3.26. The topological polar surface area (TPSA) is 78.3 Å². The molecule has 1 aromatic heterocycles. The molecule has 1 atom stereocenters. The van der Waals surface area contributed by atoms with E-state index in [0.29, 0.717) is 36.3 Å². The van der Waals surface area contributed by atoms with Gasteiger partial charge in [-0.25, -0.2) is 9.67 Å². The third kappa shape index (κ3) is 3.56. The molecule has 122 valence electrons. The minimum atomic E-state index is -0.437. The lowest BCUT2D eigenvalue weighted by Crippen LogP contribution is -2.30. The fraction of sp³-hybridized carbons (Fsp3) is 0.400. The van der Waals surface area contributed by atoms with Crippen LogP contribution in [0.3, 0.4) is 0 Å². The number of halogens is 1. The van der Waals surface area contributed by atoms with Crippen molar-refractivity contribution in [2.24, 2.45) is 0 Å². The number of hydrogen-bond acceptors (Lipinski definition) is 5. The molecule has 0 unspecified atom stereocenters. The normalized spacial score (nSPS) is 14.9. The number of nitrogens with zero attached hydrogens (tertiary/aromatic N) is 3. The summed E-state index contributed by atoms with van der Waals surface area (Å²) in [7, 11) is 0. The fourth-order valence-corrected chi connectivity index (χ4v) is 2.55. The highest BCUT2D eigenvalue weighted by atomic mass is 35.5. The first-order valence-electron chi connectivity index (χ1n) is 7.35. The van der Waals surface area contributed by atoms with Crippen molar-refractivity contribution >= 4 is 17.5 Å². The van der Waals surface area contributed by atoms with E-state index < -0.39 is 6.04 Å². The first-order valence-corrected chi connectivity index (χ1v) is 7.73. The van der Waals surface area contributed by atoms with Crippen LogP contribution in [0.5, 0.6) is 11.5 Å². The lowest BCUT2D eigenvalue weighted by atomic mass is 10.2. The molecule has 1 N–H and O–H groups in total. The van der Waals surface area contributed by atoms with E-state index in [0.717, 1.165) is 12.0 Å². The summed E-state index contributed by atoms with van der Waals surface area (Å²) in [5.41, 5.74) is 0.846. The quantitative estimate of drug-likeness (QED) is 0.923. The summed E-state index contributed by atoms with van der Waals surface area (Å²) in [6.07, 6.45) is 3.72. The smallest absolute Gasteiger partial charge is 0.244 e. The third-order valence-electron chi connectivity index (χ3n) is 3.54. The van der Waals surface area contributed by atoms with Gasteiger partial charge in [-0.3, -0.25) is 4.79 Å². The summed E-state index contributed by atoms with van der Waals surface area (Å²) in [5, 5.41) is 7.30. The van der Waals surface area contributed by atoms with E-state index in [4.69, 9.17) is 21.1 Å². The molecule has 7 nitrogen and oxygen atoms in total. The number of aromatic nitrogens is 3. The highest BCUT2D eigenvalue weighted by molar-refractivity contribution is 6.32. The van der Waals surface area contributed by atoms with Crippen LogP contribution in [0.4, 0.5) is 0 Å². The Hall–Kier alpha value is -2.28. The van der Waals surface area contributed by atoms with Crippen molar-refractivity contribution in [3.05, 3.63) is 35.4 Å². The standard InChI is InChI=1S/C15H17ClN4O3/c1-10(20-9-17-8-19-20)15(21)18-7-11-5-12(16)14-13(6-11)22-3-2-4-23-14/h5-6,8-10H,2-4,7H2,1H3,(H,18,21)/t10-/m0/s1. The van der Waals surface area contributed by atoms with Crippen LogP contribution in [0.1, 0.15) is 24.9 Å². The molecule has 2 aromatic rings. The fourth-order valence-electron chi connectivity index (χ4n) is 2.26. The molecule has 3 rings (SSSR count). The van der Waals surface area contributed by atoms with E-state index in [9.17, 15) is 4.79 Å². The maximum absolute atomic E-state index is 12.2. The molecule has 0 saturated heterocycles. The van der Waals surface area contributed by atoms with Gasteiger partial charge in [-0.15, -0.1) is 0 Å². The first kappa shape index (κ1) is 15.6. The molecule has 8 heteroatoms. The van der Waals surface area contributed by atoms with Crippen molar-refractivity contribution < 1.29 is 14.3 Å². The van der Waals surface area contributed by atoms with Crippen LogP contribution in [0.25, 0.3) is 0 Å². The Bertz CT molecular complexity index is 690. The SMILES string of the molecule is C[C@@H](C(=O)NCc1cc(Cl)c2c(c1)OCCCO2)n1cncn1. The molecule has 0 radical (unpaired) electrons. The minimum Gasteiger partial charge on any atom is -0.489 e. The average Bonchev–Trinajstić information content (AvgIpc) is 2.97. The Balaban J connectivity index is 1.67. The van der Waals surface area contributed by atoms with Crippen molar-refractivity contribution in [2.45, 2.75) is 25.9 Å². The van der Waals surface area contributed by atoms with Crippen molar-refractivity contribution in [1.82, 2.24) is 20.1 Å². The van der Waals surface area contributed by atoms with Gasteiger partial charge in [-0.1, -0.05) is 11.6 Å². The number of amides is 1. The Morgan fingerprint density at radius 2 is 2.26 bits per heavy atom. The van der Waals surface area contributed by atoms with Crippen molar-refractivity contribution in [2.75, 3.05) is 13.2 Å². The number of benzene rings is 1. The van der Waals surface area contributed by atoms with Gasteiger partial charge in [-0.2, -0.15) is 5.10 Å². The van der Waals surface area contributed by atoms with Crippen molar-refractivity contribution in [1.29, 1.82) is 0 Å². The molecule has 0 bridgehead atoms. The molecule has 23 heavy (non-hydrogen) atoms. The molecule has 1 aromatic carbocycles. The lowest BCUT2D eigenvalue weighted by molar-refractivity contribution is -0.124. The van der Waals surface area contributed by atoms with Gasteiger partial charge in [0.1, 0.15) is 18.7 Å². The molecular formula is C15H17ClN4O3. The van der Waals surface area contributed by atoms with E-state index in [1.54, 1.807) is 13.0 Å². The Labute approximate surface area is 138 Å². The number of rotatable bonds is 4. The van der Waals surface area contributed by atoms with E-state index in [2.05, 4.69) is 15.4 Å². The number of carbonyl (C=O) groups excluding carboxylic acids is 1. The van der Waals surface area contributed by atoms with Crippen molar-refractivity contribution in [3.8, 4) is 11.5 Å². The van der Waals surface area contributed by atoms with Crippen LogP contribution in [0, 0.1) is 0 Å². The van der Waals surface area contributed by atoms with E-state index in [1.165, 1.54) is 17.3 Å². The molecule has 2 heterocycles. The second-order valence-corrected chi connectivity index (χ2v) is 5.63. The first-order chi connectivity index (χ1) is 11.1. The number of carbonyl (C=O) groups is 1. The van der Waals surface area contributed by atoms with Gasteiger partial charge in [0, 0.05) is 13.0 Å². The van der Waals surface area contributed by atoms with Crippen LogP contribution in [0.2, 0.25) is 5.02 Å². The van der Waals surface area contributed by atoms with Crippen molar-refractivity contribution in [3.63, 3.8) is 0 Å². The molecule has 1 amide bonds. The maximum atomic E-state index is 12.2. The molecule has 1 aliphatic heterocycles. The second kappa shape index (κ2) is 6.87. The van der Waals surface area contributed by atoms with Gasteiger partial charge >= 0.3 is 0 Å². The Morgan fingerprint density at radius 3 is 3.04 bits per heavy atom. The summed E-state index contributed by atoms with van der Waals surface area (Å²) in [6, 6.07) is 3.18. The summed E-state index contributed by atoms with van der Waals surface area (Å²) in [5.74, 6) is 1.03. The predicted octanol–water partition coefficient (Wildman–Crippen LogP) is 1.97. The van der Waals surface area contributed by atoms with Crippen LogP contribution < -0.4 is 14.8 Å². The van der Waals surface area contributed by atoms with Gasteiger partial charge in [0.05, 0.1) is 18.2 Å². The molecule has 1 aliphatic rings. The zero-order chi connectivity index (χ0) is 16.2. The second-order valence-electron chi connectivity index (χ2n) is 5.22. The van der Waals surface area contributed by atoms with E-state index in [-0.39, 0.29) is 5.91 Å². The van der Waals surface area contributed by atoms with Crippen LogP contribution in [0.15, 0.2) is 24.8 Å². The van der Waals surface area contributed by atoms with Gasteiger partial charge in [-0.05, 0) is 24.6 Å².